The van der Waals surface area contributed by atoms with Crippen LogP contribution in [0.25, 0.3) is 0 Å². The van der Waals surface area contributed by atoms with E-state index in [1.807, 2.05) is 24.3 Å². The molecule has 3 rings (SSSR count). The van der Waals surface area contributed by atoms with Gasteiger partial charge in [-0.3, -0.25) is 0 Å². The van der Waals surface area contributed by atoms with Gasteiger partial charge in [0, 0.05) is 13.1 Å². The molecule has 0 spiro atoms. The van der Waals surface area contributed by atoms with Crippen molar-refractivity contribution in [2.24, 2.45) is 0 Å². The first-order valence-electron chi connectivity index (χ1n) is 8.36. The Balaban J connectivity index is 1.74. The molecule has 1 aliphatic heterocycles. The molecule has 1 heterocycles. The minimum Gasteiger partial charge on any atom is -0.465 e. The smallest absolute Gasteiger partial charge is 0.339 e. The number of nitrogens with one attached hydrogen (secondary N) is 2. The van der Waals surface area contributed by atoms with Gasteiger partial charge in [-0.15, -0.1) is 0 Å². The molecule has 2 aromatic rings. The fraction of sp³-hybridized carbons (Fsp3) is 0.263. The predicted octanol–water partition coefficient (Wildman–Crippen LogP) is 2.95. The van der Waals surface area contributed by atoms with E-state index >= 15 is 0 Å². The van der Waals surface area contributed by atoms with E-state index in [0.29, 0.717) is 30.2 Å². The maximum atomic E-state index is 12.5. The van der Waals surface area contributed by atoms with Crippen molar-refractivity contribution in [2.45, 2.75) is 0 Å². The summed E-state index contributed by atoms with van der Waals surface area (Å²) in [6.07, 6.45) is 0. The fourth-order valence-electron chi connectivity index (χ4n) is 2.82. The average Bonchev–Trinajstić information content (AvgIpc) is 2.69. The molecule has 2 amide bonds. The molecule has 0 aromatic heterocycles. The third kappa shape index (κ3) is 4.12. The van der Waals surface area contributed by atoms with Crippen LogP contribution in [0, 0.1) is 0 Å². The van der Waals surface area contributed by atoms with Crippen LogP contribution in [0.2, 0.25) is 0 Å². The van der Waals surface area contributed by atoms with Crippen LogP contribution >= 0.6 is 0 Å². The molecule has 0 saturated carbocycles. The van der Waals surface area contributed by atoms with Crippen molar-refractivity contribution in [3.8, 4) is 0 Å². The number of anilines is 3. The highest BCUT2D eigenvalue weighted by atomic mass is 16.5. The molecule has 1 saturated heterocycles. The number of carbonyl (C=O) groups is 2. The number of hydrogen-bond acceptors (Lipinski definition) is 5. The minimum absolute atomic E-state index is 0.298. The van der Waals surface area contributed by atoms with Gasteiger partial charge in [-0.05, 0) is 24.3 Å². The standard InChI is InChI=1S/C19H21N3O4/c1-25-18(23)14-6-2-3-7-15(14)20-19(24)21-16-8-4-5-9-17(16)22-10-12-26-13-11-22/h2-9H,10-13H2,1H3,(H2,20,21,24). The van der Waals surface area contributed by atoms with E-state index in [1.54, 1.807) is 24.3 Å². The average molecular weight is 355 g/mol. The number of hydrogen-bond donors (Lipinski definition) is 2. The summed E-state index contributed by atoms with van der Waals surface area (Å²) in [5.74, 6) is -0.505. The molecule has 0 atom stereocenters. The first kappa shape index (κ1) is 17.8. The Hall–Kier alpha value is -3.06. The Kier molecular flexibility index (Phi) is 5.70. The molecule has 2 aromatic carbocycles. The summed E-state index contributed by atoms with van der Waals surface area (Å²) in [5, 5.41) is 5.57. The number of methoxy groups -OCH3 is 1. The molecule has 26 heavy (non-hydrogen) atoms. The van der Waals surface area contributed by atoms with E-state index in [1.165, 1.54) is 7.11 Å². The van der Waals surface area contributed by atoms with Crippen LogP contribution in [0.5, 0.6) is 0 Å². The van der Waals surface area contributed by atoms with Gasteiger partial charge in [0.25, 0.3) is 0 Å². The topological polar surface area (TPSA) is 79.9 Å². The first-order valence-corrected chi connectivity index (χ1v) is 8.36. The Labute approximate surface area is 151 Å². The number of urea groups is 1. The van der Waals surface area contributed by atoms with Crippen LogP contribution in [0.4, 0.5) is 21.9 Å². The maximum Gasteiger partial charge on any atom is 0.339 e. The summed E-state index contributed by atoms with van der Waals surface area (Å²) in [4.78, 5) is 26.5. The van der Waals surface area contributed by atoms with Gasteiger partial charge in [0.05, 0.1) is 42.9 Å². The second kappa shape index (κ2) is 8.35. The number of amides is 2. The van der Waals surface area contributed by atoms with E-state index in [-0.39, 0.29) is 0 Å². The summed E-state index contributed by atoms with van der Waals surface area (Å²) in [6.45, 7) is 2.86. The van der Waals surface area contributed by atoms with Gasteiger partial charge in [0.2, 0.25) is 0 Å². The van der Waals surface area contributed by atoms with Gasteiger partial charge in [0.1, 0.15) is 0 Å². The van der Waals surface area contributed by atoms with Crippen molar-refractivity contribution in [3.05, 3.63) is 54.1 Å². The Morgan fingerprint density at radius 2 is 1.58 bits per heavy atom. The third-order valence-corrected chi connectivity index (χ3v) is 4.08. The van der Waals surface area contributed by atoms with E-state index in [0.717, 1.165) is 18.8 Å². The van der Waals surface area contributed by atoms with E-state index in [9.17, 15) is 9.59 Å². The van der Waals surface area contributed by atoms with Crippen LogP contribution in [0.15, 0.2) is 48.5 Å². The van der Waals surface area contributed by atoms with Gasteiger partial charge in [-0.1, -0.05) is 24.3 Å². The molecule has 0 radical (unpaired) electrons. The number of rotatable bonds is 4. The fourth-order valence-corrected chi connectivity index (χ4v) is 2.82. The lowest BCUT2D eigenvalue weighted by atomic mass is 10.2. The summed E-state index contributed by atoms with van der Waals surface area (Å²) in [5.41, 5.74) is 2.32. The molecule has 0 aliphatic carbocycles. The van der Waals surface area contributed by atoms with Crippen molar-refractivity contribution in [1.29, 1.82) is 0 Å². The predicted molar refractivity (Wildman–Crippen MR) is 99.9 cm³/mol. The molecular formula is C19H21N3O4. The monoisotopic (exact) mass is 355 g/mol. The van der Waals surface area contributed by atoms with Crippen molar-refractivity contribution in [2.75, 3.05) is 48.9 Å². The highest BCUT2D eigenvalue weighted by Crippen LogP contribution is 2.26. The van der Waals surface area contributed by atoms with Gasteiger partial charge >= 0.3 is 12.0 Å². The second-order valence-corrected chi connectivity index (χ2v) is 5.73. The molecule has 1 aliphatic rings. The lowest BCUT2D eigenvalue weighted by molar-refractivity contribution is 0.0602. The largest absolute Gasteiger partial charge is 0.465 e. The number of carbonyl (C=O) groups excluding carboxylic acids is 2. The van der Waals surface area contributed by atoms with Crippen LogP contribution in [-0.2, 0) is 9.47 Å². The number of morpholine rings is 1. The van der Waals surface area contributed by atoms with Gasteiger partial charge < -0.3 is 25.0 Å². The highest BCUT2D eigenvalue weighted by molar-refractivity contribution is 6.06. The van der Waals surface area contributed by atoms with E-state index < -0.39 is 12.0 Å². The zero-order valence-corrected chi connectivity index (χ0v) is 14.5. The summed E-state index contributed by atoms with van der Waals surface area (Å²) in [7, 11) is 1.30. The third-order valence-electron chi connectivity index (χ3n) is 4.08. The number of para-hydroxylation sites is 3. The SMILES string of the molecule is COC(=O)c1ccccc1NC(=O)Nc1ccccc1N1CCOCC1. The van der Waals surface area contributed by atoms with E-state index in [2.05, 4.69) is 15.5 Å². The summed E-state index contributed by atoms with van der Waals surface area (Å²) < 4.78 is 10.1. The Morgan fingerprint density at radius 3 is 2.31 bits per heavy atom. The van der Waals surface area contributed by atoms with Crippen LogP contribution < -0.4 is 15.5 Å². The van der Waals surface area contributed by atoms with E-state index in [4.69, 9.17) is 9.47 Å². The number of ether oxygens (including phenoxy) is 2. The zero-order chi connectivity index (χ0) is 18.4. The molecule has 7 nitrogen and oxygen atoms in total. The van der Waals surface area contributed by atoms with Crippen molar-refractivity contribution >= 4 is 29.1 Å². The van der Waals surface area contributed by atoms with Crippen molar-refractivity contribution in [3.63, 3.8) is 0 Å². The van der Waals surface area contributed by atoms with Gasteiger partial charge in [0.15, 0.2) is 0 Å². The van der Waals surface area contributed by atoms with Gasteiger partial charge in [-0.2, -0.15) is 0 Å². The van der Waals surface area contributed by atoms with Crippen LogP contribution in [0.1, 0.15) is 10.4 Å². The Morgan fingerprint density at radius 1 is 0.962 bits per heavy atom. The second-order valence-electron chi connectivity index (χ2n) is 5.73. The van der Waals surface area contributed by atoms with Crippen LogP contribution in [0.3, 0.4) is 0 Å². The molecule has 0 bridgehead atoms. The van der Waals surface area contributed by atoms with Crippen LogP contribution in [-0.4, -0.2) is 45.4 Å². The normalized spacial score (nSPS) is 13.8. The number of benzene rings is 2. The lowest BCUT2D eigenvalue weighted by Gasteiger charge is -2.30. The summed E-state index contributed by atoms with van der Waals surface area (Å²) >= 11 is 0. The minimum atomic E-state index is -0.505. The summed E-state index contributed by atoms with van der Waals surface area (Å²) in [6, 6.07) is 13.9. The highest BCUT2D eigenvalue weighted by Gasteiger charge is 2.17. The quantitative estimate of drug-likeness (QED) is 0.825. The van der Waals surface area contributed by atoms with Crippen molar-refractivity contribution in [1.82, 2.24) is 0 Å². The zero-order valence-electron chi connectivity index (χ0n) is 14.5. The van der Waals surface area contributed by atoms with Gasteiger partial charge in [-0.25, -0.2) is 9.59 Å². The molecule has 2 N–H and O–H groups in total. The maximum absolute atomic E-state index is 12.5. The number of nitrogens with zero attached hydrogens (tertiary/aromatic N) is 1. The first-order chi connectivity index (χ1) is 12.7. The number of esters is 1. The molecule has 1 fully saturated rings. The molecule has 7 heteroatoms. The molecular weight excluding hydrogens is 334 g/mol. The lowest BCUT2D eigenvalue weighted by Crippen LogP contribution is -2.37. The molecule has 136 valence electrons. The van der Waals surface area contributed by atoms with Crippen molar-refractivity contribution < 1.29 is 19.1 Å². The molecule has 0 unspecified atom stereocenters. The Bertz CT molecular complexity index is 788.